The van der Waals surface area contributed by atoms with E-state index in [0.29, 0.717) is 6.04 Å². The fraction of sp³-hybridized carbons (Fsp3) is 0.286. The van der Waals surface area contributed by atoms with Gasteiger partial charge in [0.25, 0.3) is 0 Å². The zero-order valence-corrected chi connectivity index (χ0v) is 16.0. The normalized spacial score (nSPS) is 24.1. The van der Waals surface area contributed by atoms with Gasteiger partial charge in [0.2, 0.25) is 0 Å². The molecule has 3 atom stereocenters. The lowest BCUT2D eigenvalue weighted by atomic mass is 9.99. The van der Waals surface area contributed by atoms with Crippen molar-refractivity contribution in [3.63, 3.8) is 0 Å². The molecule has 0 saturated carbocycles. The van der Waals surface area contributed by atoms with E-state index in [0.717, 1.165) is 28.7 Å². The van der Waals surface area contributed by atoms with Crippen LogP contribution in [0, 0.1) is 0 Å². The van der Waals surface area contributed by atoms with Crippen molar-refractivity contribution in [2.45, 2.75) is 31.5 Å². The Morgan fingerprint density at radius 1 is 1.11 bits per heavy atom. The molecule has 0 N–H and O–H groups in total. The summed E-state index contributed by atoms with van der Waals surface area (Å²) in [5, 5.41) is 1.15. The molecule has 5 rings (SSSR count). The molecule has 0 radical (unpaired) electrons. The molecule has 2 aliphatic rings. The highest BCUT2D eigenvalue weighted by Gasteiger charge is 2.46. The Bertz CT molecular complexity index is 953. The molecule has 1 saturated heterocycles. The zero-order chi connectivity index (χ0) is 18.2. The Labute approximate surface area is 163 Å². The van der Waals surface area contributed by atoms with E-state index in [1.165, 1.54) is 5.69 Å². The van der Waals surface area contributed by atoms with Gasteiger partial charge in [-0.15, -0.1) is 0 Å². The van der Waals surface area contributed by atoms with Gasteiger partial charge in [-0.05, 0) is 42.8 Å². The van der Waals surface area contributed by atoms with Gasteiger partial charge >= 0.3 is 0 Å². The SMILES string of the molecule is CC[C@H]1CSC2=N[C@@H](c3ccccn3)[C@@H](c3cccn3-c3cccnc3)N21. The second kappa shape index (κ2) is 6.85. The average molecular weight is 376 g/mol. The Hall–Kier alpha value is -2.60. The van der Waals surface area contributed by atoms with Crippen molar-refractivity contribution in [1.29, 1.82) is 0 Å². The summed E-state index contributed by atoms with van der Waals surface area (Å²) < 4.78 is 2.24. The molecule has 3 aromatic rings. The van der Waals surface area contributed by atoms with E-state index < -0.39 is 0 Å². The van der Waals surface area contributed by atoms with Gasteiger partial charge < -0.3 is 9.47 Å². The molecule has 0 aromatic carbocycles. The van der Waals surface area contributed by atoms with Crippen molar-refractivity contribution in [2.24, 2.45) is 4.99 Å². The molecule has 1 fully saturated rings. The maximum Gasteiger partial charge on any atom is 0.160 e. The topological polar surface area (TPSA) is 46.3 Å². The van der Waals surface area contributed by atoms with Crippen molar-refractivity contribution in [2.75, 3.05) is 5.75 Å². The Balaban J connectivity index is 1.63. The first-order valence-corrected chi connectivity index (χ1v) is 10.3. The Morgan fingerprint density at radius 3 is 2.85 bits per heavy atom. The average Bonchev–Trinajstić information content (AvgIpc) is 3.44. The third kappa shape index (κ3) is 2.75. The Morgan fingerprint density at radius 2 is 2.07 bits per heavy atom. The standard InChI is InChI=1S/C21H21N5S/c1-2-15-14-27-21-24-19(17-8-3-4-11-23-17)20(26(15)21)18-9-6-12-25(18)16-7-5-10-22-13-16/h3-13,15,19-20H,2,14H2,1H3/t15-,19-,20+/m0/s1. The minimum atomic E-state index is 0.00775. The van der Waals surface area contributed by atoms with Crippen LogP contribution in [-0.2, 0) is 0 Å². The molecule has 6 heteroatoms. The van der Waals surface area contributed by atoms with E-state index in [-0.39, 0.29) is 12.1 Å². The van der Waals surface area contributed by atoms with E-state index in [9.17, 15) is 0 Å². The monoisotopic (exact) mass is 375 g/mol. The molecule has 27 heavy (non-hydrogen) atoms. The third-order valence-corrected chi connectivity index (χ3v) is 6.46. The number of pyridine rings is 2. The van der Waals surface area contributed by atoms with Gasteiger partial charge in [0.15, 0.2) is 5.17 Å². The van der Waals surface area contributed by atoms with Gasteiger partial charge in [0.1, 0.15) is 12.1 Å². The van der Waals surface area contributed by atoms with Crippen LogP contribution in [-0.4, -0.2) is 36.4 Å². The highest BCUT2D eigenvalue weighted by atomic mass is 32.2. The molecular formula is C21H21N5S. The van der Waals surface area contributed by atoms with E-state index >= 15 is 0 Å². The highest BCUT2D eigenvalue weighted by molar-refractivity contribution is 8.14. The fourth-order valence-corrected chi connectivity index (χ4v) is 5.38. The molecule has 0 aliphatic carbocycles. The van der Waals surface area contributed by atoms with Gasteiger partial charge in [0, 0.05) is 36.1 Å². The van der Waals surface area contributed by atoms with Crippen LogP contribution in [0.5, 0.6) is 0 Å². The summed E-state index contributed by atoms with van der Waals surface area (Å²) in [6.07, 6.45) is 8.81. The number of amidine groups is 1. The lowest BCUT2D eigenvalue weighted by molar-refractivity contribution is 0.249. The lowest BCUT2D eigenvalue weighted by Crippen LogP contribution is -2.36. The second-order valence-corrected chi connectivity index (χ2v) is 7.84. The summed E-state index contributed by atoms with van der Waals surface area (Å²) in [6.45, 7) is 2.26. The first kappa shape index (κ1) is 16.6. The summed E-state index contributed by atoms with van der Waals surface area (Å²) in [4.78, 5) is 16.6. The van der Waals surface area contributed by atoms with Crippen LogP contribution in [0.2, 0.25) is 0 Å². The quantitative estimate of drug-likeness (QED) is 0.684. The summed E-state index contributed by atoms with van der Waals surface area (Å²) in [5.74, 6) is 1.11. The smallest absolute Gasteiger partial charge is 0.160 e. The molecule has 2 aliphatic heterocycles. The molecule has 0 bridgehead atoms. The van der Waals surface area contributed by atoms with Gasteiger partial charge in [-0.25, -0.2) is 0 Å². The molecule has 0 amide bonds. The van der Waals surface area contributed by atoms with Gasteiger partial charge in [-0.3, -0.25) is 15.0 Å². The largest absolute Gasteiger partial charge is 0.337 e. The zero-order valence-electron chi connectivity index (χ0n) is 15.1. The first-order valence-electron chi connectivity index (χ1n) is 9.34. The van der Waals surface area contributed by atoms with Crippen molar-refractivity contribution in [1.82, 2.24) is 19.4 Å². The van der Waals surface area contributed by atoms with Crippen LogP contribution in [0.25, 0.3) is 5.69 Å². The maximum atomic E-state index is 5.10. The molecular weight excluding hydrogens is 354 g/mol. The molecule has 5 nitrogen and oxygen atoms in total. The number of fused-ring (bicyclic) bond motifs is 1. The summed E-state index contributed by atoms with van der Waals surface area (Å²) in [5.41, 5.74) is 3.34. The number of hydrogen-bond acceptors (Lipinski definition) is 5. The van der Waals surface area contributed by atoms with Gasteiger partial charge in [-0.2, -0.15) is 0 Å². The second-order valence-electron chi connectivity index (χ2n) is 6.85. The highest BCUT2D eigenvalue weighted by Crippen LogP contribution is 2.48. The first-order chi connectivity index (χ1) is 13.4. The van der Waals surface area contributed by atoms with Crippen LogP contribution in [0.15, 0.2) is 72.2 Å². The number of rotatable bonds is 4. The van der Waals surface area contributed by atoms with Crippen molar-refractivity contribution in [3.05, 3.63) is 78.6 Å². The number of aromatic nitrogens is 3. The van der Waals surface area contributed by atoms with E-state index in [1.54, 1.807) is 0 Å². The van der Waals surface area contributed by atoms with Gasteiger partial charge in [-0.1, -0.05) is 24.8 Å². The predicted molar refractivity (Wildman–Crippen MR) is 109 cm³/mol. The number of nitrogens with zero attached hydrogens (tertiary/aromatic N) is 5. The van der Waals surface area contributed by atoms with Crippen LogP contribution in [0.1, 0.15) is 36.8 Å². The van der Waals surface area contributed by atoms with Crippen molar-refractivity contribution < 1.29 is 0 Å². The fourth-order valence-electron chi connectivity index (χ4n) is 4.04. The number of thioether (sulfide) groups is 1. The minimum Gasteiger partial charge on any atom is -0.337 e. The van der Waals surface area contributed by atoms with E-state index in [4.69, 9.17) is 4.99 Å². The molecule has 0 unspecified atom stereocenters. The molecule has 136 valence electrons. The Kier molecular flexibility index (Phi) is 4.20. The van der Waals surface area contributed by atoms with Crippen molar-refractivity contribution >= 4 is 16.9 Å². The van der Waals surface area contributed by atoms with E-state index in [2.05, 4.69) is 56.8 Å². The van der Waals surface area contributed by atoms with Crippen LogP contribution in [0.4, 0.5) is 0 Å². The van der Waals surface area contributed by atoms with Crippen LogP contribution < -0.4 is 0 Å². The molecule has 3 aromatic heterocycles. The predicted octanol–water partition coefficient (Wildman–Crippen LogP) is 4.25. The summed E-state index contributed by atoms with van der Waals surface area (Å²) in [6, 6.07) is 15.2. The third-order valence-electron chi connectivity index (χ3n) is 5.34. The number of hydrogen-bond donors (Lipinski definition) is 0. The van der Waals surface area contributed by atoms with Crippen molar-refractivity contribution in [3.8, 4) is 5.69 Å². The molecule has 0 spiro atoms. The summed E-state index contributed by atoms with van der Waals surface area (Å²) in [7, 11) is 0. The maximum absolute atomic E-state index is 5.10. The van der Waals surface area contributed by atoms with Crippen LogP contribution >= 0.6 is 11.8 Å². The number of aliphatic imine (C=N–C) groups is 1. The van der Waals surface area contributed by atoms with E-state index in [1.807, 2.05) is 48.6 Å². The van der Waals surface area contributed by atoms with Gasteiger partial charge in [0.05, 0.1) is 17.6 Å². The minimum absolute atomic E-state index is 0.00775. The van der Waals surface area contributed by atoms with Crippen LogP contribution in [0.3, 0.4) is 0 Å². The summed E-state index contributed by atoms with van der Waals surface area (Å²) >= 11 is 1.87. The molecule has 5 heterocycles. The lowest BCUT2D eigenvalue weighted by Gasteiger charge is -2.32.